The lowest BCUT2D eigenvalue weighted by molar-refractivity contribution is 1.38. The zero-order chi connectivity index (χ0) is 12.1. The summed E-state index contributed by atoms with van der Waals surface area (Å²) in [5.74, 6) is 0. The molecule has 1 aromatic carbocycles. The van der Waals surface area contributed by atoms with E-state index >= 15 is 0 Å². The molecule has 1 heterocycles. The summed E-state index contributed by atoms with van der Waals surface area (Å²) < 4.78 is 0. The molecule has 0 bridgehead atoms. The van der Waals surface area contributed by atoms with Gasteiger partial charge in [-0.15, -0.1) is 0 Å². The van der Waals surface area contributed by atoms with Crippen LogP contribution in [0.25, 0.3) is 11.6 Å². The molecule has 0 amide bonds. The summed E-state index contributed by atoms with van der Waals surface area (Å²) in [6, 6.07) is 15.0. The summed E-state index contributed by atoms with van der Waals surface area (Å²) in [6.07, 6.45) is 3.56. The van der Waals surface area contributed by atoms with E-state index in [0.717, 1.165) is 11.3 Å². The van der Waals surface area contributed by atoms with E-state index in [9.17, 15) is 0 Å². The van der Waals surface area contributed by atoms with E-state index < -0.39 is 0 Å². The van der Waals surface area contributed by atoms with Crippen LogP contribution in [0.3, 0.4) is 0 Å². The van der Waals surface area contributed by atoms with E-state index in [1.54, 1.807) is 30.5 Å². The monoisotopic (exact) mass is 219 g/mol. The maximum atomic E-state index is 9.13. The molecule has 0 saturated carbocycles. The minimum atomic E-state index is 0.532. The lowest BCUT2D eigenvalue weighted by atomic mass is 10.0. The Morgan fingerprint density at radius 1 is 1.18 bits per heavy atom. The molecule has 0 fully saturated rings. The number of aromatic nitrogens is 1. The van der Waals surface area contributed by atoms with Crippen molar-refractivity contribution in [1.82, 2.24) is 4.98 Å². The Labute approximate surface area is 99.3 Å². The number of rotatable bonds is 2. The van der Waals surface area contributed by atoms with Gasteiger partial charge < -0.3 is 4.98 Å². The first-order valence-corrected chi connectivity index (χ1v) is 5.09. The van der Waals surface area contributed by atoms with Gasteiger partial charge in [0.2, 0.25) is 0 Å². The van der Waals surface area contributed by atoms with Crippen molar-refractivity contribution in [2.24, 2.45) is 0 Å². The van der Waals surface area contributed by atoms with E-state index in [1.165, 1.54) is 0 Å². The zero-order valence-corrected chi connectivity index (χ0v) is 9.01. The fourth-order valence-electron chi connectivity index (χ4n) is 1.53. The minimum Gasteiger partial charge on any atom is -0.362 e. The van der Waals surface area contributed by atoms with E-state index in [1.807, 2.05) is 18.2 Å². The number of hydrogen-bond acceptors (Lipinski definition) is 2. The Balaban J connectivity index is 2.44. The smallest absolute Gasteiger partial charge is 0.0998 e. The summed E-state index contributed by atoms with van der Waals surface area (Å²) in [5, 5.41) is 17.9. The topological polar surface area (TPSA) is 63.4 Å². The molecule has 0 spiro atoms. The third-order valence-electron chi connectivity index (χ3n) is 2.34. The molecule has 0 aliphatic rings. The van der Waals surface area contributed by atoms with Gasteiger partial charge in [0.05, 0.1) is 23.3 Å². The molecule has 2 aromatic rings. The Kier molecular flexibility index (Phi) is 3.05. The highest BCUT2D eigenvalue weighted by Crippen LogP contribution is 2.17. The van der Waals surface area contributed by atoms with Crippen molar-refractivity contribution in [2.75, 3.05) is 0 Å². The van der Waals surface area contributed by atoms with Crippen molar-refractivity contribution in [2.45, 2.75) is 0 Å². The average molecular weight is 219 g/mol. The predicted octanol–water partition coefficient (Wildman–Crippen LogP) is 2.95. The van der Waals surface area contributed by atoms with Crippen LogP contribution in [0.1, 0.15) is 16.8 Å². The van der Waals surface area contributed by atoms with Gasteiger partial charge >= 0.3 is 0 Å². The van der Waals surface area contributed by atoms with Crippen LogP contribution in [-0.4, -0.2) is 4.98 Å². The van der Waals surface area contributed by atoms with Crippen molar-refractivity contribution >= 4 is 11.6 Å². The standard InChI is InChI=1S/C14H9N3/c15-9-11-3-1-4-12(7-11)13(10-16)8-14-5-2-6-17-14/h1-8,17H/b13-8-. The van der Waals surface area contributed by atoms with E-state index in [-0.39, 0.29) is 0 Å². The van der Waals surface area contributed by atoms with Crippen molar-refractivity contribution in [3.8, 4) is 12.1 Å². The molecule has 1 aromatic heterocycles. The van der Waals surface area contributed by atoms with Crippen LogP contribution in [0, 0.1) is 22.7 Å². The quantitative estimate of drug-likeness (QED) is 0.789. The van der Waals surface area contributed by atoms with Crippen molar-refractivity contribution < 1.29 is 0 Å². The Morgan fingerprint density at radius 2 is 2.06 bits per heavy atom. The number of H-pyrrole nitrogens is 1. The van der Waals surface area contributed by atoms with Crippen LogP contribution in [-0.2, 0) is 0 Å². The zero-order valence-electron chi connectivity index (χ0n) is 9.01. The molecular weight excluding hydrogens is 210 g/mol. The van der Waals surface area contributed by atoms with Crippen molar-refractivity contribution in [3.63, 3.8) is 0 Å². The van der Waals surface area contributed by atoms with Gasteiger partial charge in [-0.3, -0.25) is 0 Å². The van der Waals surface area contributed by atoms with Crippen LogP contribution in [0.5, 0.6) is 0 Å². The molecular formula is C14H9N3. The third-order valence-corrected chi connectivity index (χ3v) is 2.34. The van der Waals surface area contributed by atoms with Gasteiger partial charge in [-0.2, -0.15) is 10.5 Å². The molecule has 3 heteroatoms. The van der Waals surface area contributed by atoms with Crippen LogP contribution in [0.15, 0.2) is 42.6 Å². The first-order chi connectivity index (χ1) is 8.33. The lowest BCUT2D eigenvalue weighted by Crippen LogP contribution is -1.84. The van der Waals surface area contributed by atoms with Gasteiger partial charge in [0, 0.05) is 11.9 Å². The normalized spacial score (nSPS) is 10.6. The van der Waals surface area contributed by atoms with Gasteiger partial charge in [0.1, 0.15) is 0 Å². The maximum Gasteiger partial charge on any atom is 0.0998 e. The minimum absolute atomic E-state index is 0.532. The van der Waals surface area contributed by atoms with Crippen molar-refractivity contribution in [3.05, 3.63) is 59.4 Å². The van der Waals surface area contributed by atoms with Crippen LogP contribution in [0.4, 0.5) is 0 Å². The number of allylic oxidation sites excluding steroid dienone is 1. The number of nitrogens with zero attached hydrogens (tertiary/aromatic N) is 2. The first kappa shape index (κ1) is 10.7. The Hall–Kier alpha value is -2.78. The SMILES string of the molecule is N#C/C(=C/c1ccc[nH]1)c1cccc(C#N)c1. The maximum absolute atomic E-state index is 9.13. The fraction of sp³-hybridized carbons (Fsp3) is 0. The molecule has 3 nitrogen and oxygen atoms in total. The van der Waals surface area contributed by atoms with Gasteiger partial charge in [-0.1, -0.05) is 12.1 Å². The van der Waals surface area contributed by atoms with E-state index in [2.05, 4.69) is 17.1 Å². The first-order valence-electron chi connectivity index (χ1n) is 5.09. The Bertz CT molecular complexity index is 622. The largest absolute Gasteiger partial charge is 0.362 e. The summed E-state index contributed by atoms with van der Waals surface area (Å²) in [5.41, 5.74) is 2.70. The average Bonchev–Trinajstić information content (AvgIpc) is 2.89. The van der Waals surface area contributed by atoms with Crippen LogP contribution >= 0.6 is 0 Å². The highest BCUT2D eigenvalue weighted by molar-refractivity contribution is 5.89. The second-order valence-electron chi connectivity index (χ2n) is 3.49. The molecule has 1 N–H and O–H groups in total. The molecule has 80 valence electrons. The molecule has 0 radical (unpaired) electrons. The molecule has 2 rings (SSSR count). The highest BCUT2D eigenvalue weighted by Gasteiger charge is 2.02. The molecule has 0 unspecified atom stereocenters. The molecule has 0 aliphatic heterocycles. The molecule has 0 saturated heterocycles. The van der Waals surface area contributed by atoms with Gasteiger partial charge in [0.15, 0.2) is 0 Å². The summed E-state index contributed by atoms with van der Waals surface area (Å²) in [7, 11) is 0. The second-order valence-corrected chi connectivity index (χ2v) is 3.49. The van der Waals surface area contributed by atoms with Gasteiger partial charge in [0.25, 0.3) is 0 Å². The second kappa shape index (κ2) is 4.83. The van der Waals surface area contributed by atoms with Gasteiger partial charge in [-0.25, -0.2) is 0 Å². The Morgan fingerprint density at radius 3 is 2.71 bits per heavy atom. The molecule has 0 aliphatic carbocycles. The number of hydrogen-bond donors (Lipinski definition) is 1. The van der Waals surface area contributed by atoms with E-state index in [0.29, 0.717) is 11.1 Å². The van der Waals surface area contributed by atoms with Crippen LogP contribution in [0.2, 0.25) is 0 Å². The molecule has 0 atom stereocenters. The van der Waals surface area contributed by atoms with E-state index in [4.69, 9.17) is 10.5 Å². The molecule has 17 heavy (non-hydrogen) atoms. The number of aromatic amines is 1. The predicted molar refractivity (Wildman–Crippen MR) is 65.4 cm³/mol. The number of nitriles is 2. The number of benzene rings is 1. The van der Waals surface area contributed by atoms with Crippen LogP contribution < -0.4 is 0 Å². The number of nitrogens with one attached hydrogen (secondary N) is 1. The van der Waals surface area contributed by atoms with Gasteiger partial charge in [-0.05, 0) is 35.9 Å². The van der Waals surface area contributed by atoms with Crippen molar-refractivity contribution in [1.29, 1.82) is 10.5 Å². The summed E-state index contributed by atoms with van der Waals surface area (Å²) in [4.78, 5) is 3.01. The lowest BCUT2D eigenvalue weighted by Gasteiger charge is -1.99. The third kappa shape index (κ3) is 2.42. The summed E-state index contributed by atoms with van der Waals surface area (Å²) in [6.45, 7) is 0. The summed E-state index contributed by atoms with van der Waals surface area (Å²) >= 11 is 0. The highest BCUT2D eigenvalue weighted by atomic mass is 14.7. The fourth-order valence-corrected chi connectivity index (χ4v) is 1.53.